The Bertz CT molecular complexity index is 1070. The second-order valence-corrected chi connectivity index (χ2v) is 9.58. The molecule has 0 unspecified atom stereocenters. The summed E-state index contributed by atoms with van der Waals surface area (Å²) in [5.41, 5.74) is 4.70. The lowest BCUT2D eigenvalue weighted by Gasteiger charge is -2.28. The molecule has 176 valence electrons. The standard InChI is InChI=1S/C26H34N4O3/c1-17-12-13-19(14-18(17)2)21-15-22(20-10-8-9-11-23(20)33-7)30(28-21)24(31)16-29(6)25(32)27-26(3,4)5/h8-14,22H,15-16H2,1-7H3,(H,27,32)/t22-/m1/s1. The van der Waals surface area contributed by atoms with Crippen molar-refractivity contribution in [3.63, 3.8) is 0 Å². The number of aryl methyl sites for hydroxylation is 2. The Morgan fingerprint density at radius 1 is 1.15 bits per heavy atom. The van der Waals surface area contributed by atoms with Crippen LogP contribution >= 0.6 is 0 Å². The number of urea groups is 1. The molecule has 2 aromatic rings. The zero-order valence-corrected chi connectivity index (χ0v) is 20.6. The summed E-state index contributed by atoms with van der Waals surface area (Å²) in [6.07, 6.45) is 0.562. The number of amides is 3. The van der Waals surface area contributed by atoms with Crippen LogP contribution < -0.4 is 10.1 Å². The van der Waals surface area contributed by atoms with Gasteiger partial charge >= 0.3 is 6.03 Å². The first-order chi connectivity index (χ1) is 15.5. The molecule has 2 aromatic carbocycles. The number of methoxy groups -OCH3 is 1. The minimum absolute atomic E-state index is 0.0860. The quantitative estimate of drug-likeness (QED) is 0.732. The third-order valence-corrected chi connectivity index (χ3v) is 5.71. The van der Waals surface area contributed by atoms with Gasteiger partial charge in [-0.3, -0.25) is 4.79 Å². The second kappa shape index (κ2) is 9.65. The molecule has 0 saturated carbocycles. The minimum atomic E-state index is -0.392. The van der Waals surface area contributed by atoms with Crippen molar-refractivity contribution in [3.8, 4) is 5.75 Å². The number of hydrogen-bond acceptors (Lipinski definition) is 4. The first-order valence-electron chi connectivity index (χ1n) is 11.1. The first-order valence-corrected chi connectivity index (χ1v) is 11.1. The summed E-state index contributed by atoms with van der Waals surface area (Å²) in [4.78, 5) is 27.3. The Kier molecular flexibility index (Phi) is 7.10. The monoisotopic (exact) mass is 450 g/mol. The number of carbonyl (C=O) groups excluding carboxylic acids is 2. The van der Waals surface area contributed by atoms with Gasteiger partial charge in [0.25, 0.3) is 5.91 Å². The number of carbonyl (C=O) groups is 2. The largest absolute Gasteiger partial charge is 0.496 e. The van der Waals surface area contributed by atoms with Crippen LogP contribution in [-0.2, 0) is 4.79 Å². The Labute approximate surface area is 196 Å². The molecule has 7 nitrogen and oxygen atoms in total. The van der Waals surface area contributed by atoms with Gasteiger partial charge in [0, 0.05) is 24.6 Å². The number of likely N-dealkylation sites (N-methyl/N-ethyl adjacent to an activating group) is 1. The summed E-state index contributed by atoms with van der Waals surface area (Å²) in [5, 5.41) is 9.12. The molecule has 1 aliphatic rings. The topological polar surface area (TPSA) is 74.2 Å². The number of nitrogens with zero attached hydrogens (tertiary/aromatic N) is 3. The van der Waals surface area contributed by atoms with Crippen molar-refractivity contribution in [2.24, 2.45) is 5.10 Å². The lowest BCUT2D eigenvalue weighted by molar-refractivity contribution is -0.133. The number of rotatable bonds is 5. The van der Waals surface area contributed by atoms with Gasteiger partial charge < -0.3 is 15.0 Å². The van der Waals surface area contributed by atoms with E-state index in [2.05, 4.69) is 31.3 Å². The maximum Gasteiger partial charge on any atom is 0.318 e. The number of nitrogens with one attached hydrogen (secondary N) is 1. The predicted molar refractivity (Wildman–Crippen MR) is 131 cm³/mol. The fraction of sp³-hybridized carbons (Fsp3) is 0.423. The summed E-state index contributed by atoms with van der Waals surface area (Å²) in [6.45, 7) is 9.76. The van der Waals surface area contributed by atoms with E-state index < -0.39 is 5.54 Å². The molecule has 0 spiro atoms. The molecule has 1 N–H and O–H groups in total. The van der Waals surface area contributed by atoms with E-state index in [1.165, 1.54) is 21.0 Å². The minimum Gasteiger partial charge on any atom is -0.496 e. The molecule has 0 aliphatic carbocycles. The predicted octanol–water partition coefficient (Wildman–Crippen LogP) is 4.43. The Hall–Kier alpha value is -3.35. The molecular weight excluding hydrogens is 416 g/mol. The Morgan fingerprint density at radius 2 is 1.85 bits per heavy atom. The van der Waals surface area contributed by atoms with Crippen LogP contribution in [0.4, 0.5) is 4.79 Å². The second-order valence-electron chi connectivity index (χ2n) is 9.58. The number of hydrogen-bond donors (Lipinski definition) is 1. The summed E-state index contributed by atoms with van der Waals surface area (Å²) in [6, 6.07) is 13.3. The molecule has 0 fully saturated rings. The third kappa shape index (κ3) is 5.72. The fourth-order valence-corrected chi connectivity index (χ4v) is 3.78. The highest BCUT2D eigenvalue weighted by molar-refractivity contribution is 6.03. The highest BCUT2D eigenvalue weighted by atomic mass is 16.5. The molecule has 0 saturated heterocycles. The Balaban J connectivity index is 1.92. The van der Waals surface area contributed by atoms with E-state index in [0.717, 1.165) is 16.8 Å². The molecule has 3 amide bonds. The van der Waals surface area contributed by atoms with Crippen molar-refractivity contribution in [1.29, 1.82) is 0 Å². The normalized spacial score (nSPS) is 15.8. The lowest BCUT2D eigenvalue weighted by Crippen LogP contribution is -2.49. The highest BCUT2D eigenvalue weighted by Gasteiger charge is 2.35. The maximum atomic E-state index is 13.4. The van der Waals surface area contributed by atoms with Gasteiger partial charge in [0.1, 0.15) is 12.3 Å². The van der Waals surface area contributed by atoms with Crippen LogP contribution in [0, 0.1) is 13.8 Å². The van der Waals surface area contributed by atoms with E-state index in [1.807, 2.05) is 51.1 Å². The van der Waals surface area contributed by atoms with E-state index >= 15 is 0 Å². The number of para-hydroxylation sites is 1. The van der Waals surface area contributed by atoms with Crippen LogP contribution in [0.5, 0.6) is 5.75 Å². The van der Waals surface area contributed by atoms with Gasteiger partial charge in [-0.2, -0.15) is 5.10 Å². The number of benzene rings is 2. The average Bonchev–Trinajstić information content (AvgIpc) is 3.19. The molecule has 0 bridgehead atoms. The van der Waals surface area contributed by atoms with Crippen molar-refractivity contribution >= 4 is 17.6 Å². The van der Waals surface area contributed by atoms with Crippen molar-refractivity contribution in [3.05, 3.63) is 64.7 Å². The van der Waals surface area contributed by atoms with Crippen LogP contribution in [0.1, 0.15) is 55.5 Å². The summed E-state index contributed by atoms with van der Waals surface area (Å²) < 4.78 is 5.57. The molecule has 1 aliphatic heterocycles. The van der Waals surface area contributed by atoms with Gasteiger partial charge in [-0.15, -0.1) is 0 Å². The molecule has 7 heteroatoms. The van der Waals surface area contributed by atoms with E-state index in [1.54, 1.807) is 14.2 Å². The van der Waals surface area contributed by atoms with Crippen LogP contribution in [0.25, 0.3) is 0 Å². The molecule has 1 atom stereocenters. The molecule has 0 aromatic heterocycles. The van der Waals surface area contributed by atoms with Crippen molar-refractivity contribution in [2.75, 3.05) is 20.7 Å². The van der Waals surface area contributed by atoms with E-state index in [0.29, 0.717) is 12.2 Å². The molecule has 1 heterocycles. The van der Waals surface area contributed by atoms with Crippen LogP contribution in [0.2, 0.25) is 0 Å². The van der Waals surface area contributed by atoms with Crippen LogP contribution in [0.15, 0.2) is 47.6 Å². The maximum absolute atomic E-state index is 13.4. The molecule has 0 radical (unpaired) electrons. The first kappa shape index (κ1) is 24.3. The van der Waals surface area contributed by atoms with E-state index in [4.69, 9.17) is 9.84 Å². The summed E-state index contributed by atoms with van der Waals surface area (Å²) in [5.74, 6) is 0.451. The SMILES string of the molecule is COc1ccccc1[C@H]1CC(c2ccc(C)c(C)c2)=NN1C(=O)CN(C)C(=O)NC(C)(C)C. The average molecular weight is 451 g/mol. The number of ether oxygens (including phenoxy) is 1. The van der Waals surface area contributed by atoms with Crippen molar-refractivity contribution in [1.82, 2.24) is 15.2 Å². The number of hydrazone groups is 1. The van der Waals surface area contributed by atoms with Gasteiger partial charge in [-0.05, 0) is 63.4 Å². The summed E-state index contributed by atoms with van der Waals surface area (Å²) in [7, 11) is 3.23. The zero-order chi connectivity index (χ0) is 24.3. The molecule has 3 rings (SSSR count). The van der Waals surface area contributed by atoms with Crippen molar-refractivity contribution < 1.29 is 14.3 Å². The fourth-order valence-electron chi connectivity index (χ4n) is 3.78. The Morgan fingerprint density at radius 3 is 2.48 bits per heavy atom. The highest BCUT2D eigenvalue weighted by Crippen LogP contribution is 2.37. The van der Waals surface area contributed by atoms with E-state index in [9.17, 15) is 9.59 Å². The van der Waals surface area contributed by atoms with Crippen LogP contribution in [-0.4, -0.2) is 53.8 Å². The van der Waals surface area contributed by atoms with Crippen molar-refractivity contribution in [2.45, 2.75) is 52.6 Å². The lowest BCUT2D eigenvalue weighted by atomic mass is 9.96. The van der Waals surface area contributed by atoms with Gasteiger partial charge in [-0.1, -0.05) is 30.3 Å². The molecular formula is C26H34N4O3. The van der Waals surface area contributed by atoms with E-state index in [-0.39, 0.29) is 24.5 Å². The van der Waals surface area contributed by atoms with Gasteiger partial charge in [0.05, 0.1) is 18.9 Å². The third-order valence-electron chi connectivity index (χ3n) is 5.71. The smallest absolute Gasteiger partial charge is 0.318 e. The summed E-state index contributed by atoms with van der Waals surface area (Å²) >= 11 is 0. The van der Waals surface area contributed by atoms with Gasteiger partial charge in [-0.25, -0.2) is 9.80 Å². The van der Waals surface area contributed by atoms with Gasteiger partial charge in [0.2, 0.25) is 0 Å². The molecule has 33 heavy (non-hydrogen) atoms. The zero-order valence-electron chi connectivity index (χ0n) is 20.6. The van der Waals surface area contributed by atoms with Gasteiger partial charge in [0.15, 0.2) is 0 Å². The van der Waals surface area contributed by atoms with Crippen LogP contribution in [0.3, 0.4) is 0 Å².